The number of phenolic OH excluding ortho intramolecular Hbond substituents is 1. The SMILES string of the molecule is Oc1cccc(SCC2(O)CCCCC2)c1. The minimum atomic E-state index is -0.492. The number of hydrogen-bond acceptors (Lipinski definition) is 3. The van der Waals surface area contributed by atoms with Crippen LogP contribution in [-0.2, 0) is 0 Å². The number of thioether (sulfide) groups is 1. The van der Waals surface area contributed by atoms with Gasteiger partial charge in [0.2, 0.25) is 0 Å². The van der Waals surface area contributed by atoms with Gasteiger partial charge in [0.25, 0.3) is 0 Å². The first kappa shape index (κ1) is 11.8. The van der Waals surface area contributed by atoms with E-state index in [0.29, 0.717) is 5.75 Å². The zero-order valence-corrected chi connectivity index (χ0v) is 10.2. The van der Waals surface area contributed by atoms with Crippen LogP contribution in [0.1, 0.15) is 32.1 Å². The van der Waals surface area contributed by atoms with Crippen LogP contribution < -0.4 is 0 Å². The lowest BCUT2D eigenvalue weighted by Crippen LogP contribution is -2.33. The Balaban J connectivity index is 1.91. The quantitative estimate of drug-likeness (QED) is 0.795. The zero-order valence-electron chi connectivity index (χ0n) is 9.35. The van der Waals surface area contributed by atoms with E-state index in [9.17, 15) is 10.2 Å². The molecule has 2 rings (SSSR count). The summed E-state index contributed by atoms with van der Waals surface area (Å²) < 4.78 is 0. The Labute approximate surface area is 101 Å². The summed E-state index contributed by atoms with van der Waals surface area (Å²) in [6.45, 7) is 0. The predicted octanol–water partition coefficient (Wildman–Crippen LogP) is 3.18. The Hall–Kier alpha value is -0.670. The minimum absolute atomic E-state index is 0.292. The lowest BCUT2D eigenvalue weighted by atomic mass is 9.86. The van der Waals surface area contributed by atoms with Crippen LogP contribution in [-0.4, -0.2) is 21.6 Å². The molecule has 1 aromatic carbocycles. The van der Waals surface area contributed by atoms with Crippen molar-refractivity contribution in [3.63, 3.8) is 0 Å². The van der Waals surface area contributed by atoms with Gasteiger partial charge in [-0.3, -0.25) is 0 Å². The molecule has 3 heteroatoms. The Morgan fingerprint density at radius 2 is 1.94 bits per heavy atom. The van der Waals surface area contributed by atoms with Gasteiger partial charge in [0.1, 0.15) is 5.75 Å². The van der Waals surface area contributed by atoms with Crippen molar-refractivity contribution in [2.75, 3.05) is 5.75 Å². The first-order chi connectivity index (χ1) is 7.68. The van der Waals surface area contributed by atoms with Crippen molar-refractivity contribution in [1.29, 1.82) is 0 Å². The van der Waals surface area contributed by atoms with Crippen molar-refractivity contribution in [3.05, 3.63) is 24.3 Å². The van der Waals surface area contributed by atoms with Crippen molar-refractivity contribution >= 4 is 11.8 Å². The smallest absolute Gasteiger partial charge is 0.116 e. The van der Waals surface area contributed by atoms with Gasteiger partial charge in [0.15, 0.2) is 0 Å². The lowest BCUT2D eigenvalue weighted by molar-refractivity contribution is 0.0273. The third kappa shape index (κ3) is 3.16. The molecule has 88 valence electrons. The molecule has 0 atom stereocenters. The molecule has 1 aliphatic carbocycles. The highest BCUT2D eigenvalue weighted by atomic mass is 32.2. The average Bonchev–Trinajstić information content (AvgIpc) is 2.28. The van der Waals surface area contributed by atoms with Crippen LogP contribution in [0.4, 0.5) is 0 Å². The molecule has 16 heavy (non-hydrogen) atoms. The summed E-state index contributed by atoms with van der Waals surface area (Å²) in [6.07, 6.45) is 5.35. The van der Waals surface area contributed by atoms with Gasteiger partial charge in [0.05, 0.1) is 5.60 Å². The van der Waals surface area contributed by atoms with Gasteiger partial charge in [-0.1, -0.05) is 25.3 Å². The Kier molecular flexibility index (Phi) is 3.77. The largest absolute Gasteiger partial charge is 0.508 e. The van der Waals surface area contributed by atoms with E-state index in [-0.39, 0.29) is 0 Å². The van der Waals surface area contributed by atoms with E-state index in [1.165, 1.54) is 6.42 Å². The van der Waals surface area contributed by atoms with Gasteiger partial charge in [-0.05, 0) is 31.0 Å². The molecule has 0 spiro atoms. The second kappa shape index (κ2) is 5.11. The average molecular weight is 238 g/mol. The monoisotopic (exact) mass is 238 g/mol. The molecule has 1 fully saturated rings. The molecule has 0 radical (unpaired) electrons. The van der Waals surface area contributed by atoms with E-state index < -0.39 is 5.60 Å². The van der Waals surface area contributed by atoms with Gasteiger partial charge in [-0.25, -0.2) is 0 Å². The minimum Gasteiger partial charge on any atom is -0.508 e. The van der Waals surface area contributed by atoms with E-state index >= 15 is 0 Å². The lowest BCUT2D eigenvalue weighted by Gasteiger charge is -2.31. The summed E-state index contributed by atoms with van der Waals surface area (Å²) in [5, 5.41) is 19.7. The molecule has 0 saturated heterocycles. The molecule has 2 N–H and O–H groups in total. The second-order valence-corrected chi connectivity index (χ2v) is 5.62. The van der Waals surface area contributed by atoms with E-state index in [2.05, 4.69) is 0 Å². The van der Waals surface area contributed by atoms with Gasteiger partial charge in [-0.15, -0.1) is 11.8 Å². The summed E-state index contributed by atoms with van der Waals surface area (Å²) in [5.41, 5.74) is -0.492. The molecule has 1 aliphatic rings. The van der Waals surface area contributed by atoms with Crippen LogP contribution in [0.15, 0.2) is 29.2 Å². The maximum atomic E-state index is 10.3. The zero-order chi connectivity index (χ0) is 11.4. The molecule has 0 heterocycles. The fraction of sp³-hybridized carbons (Fsp3) is 0.538. The summed E-state index contributed by atoms with van der Waals surface area (Å²) in [6, 6.07) is 7.22. The Morgan fingerprint density at radius 1 is 1.19 bits per heavy atom. The summed E-state index contributed by atoms with van der Waals surface area (Å²) in [5.74, 6) is 1.02. The molecule has 0 bridgehead atoms. The van der Waals surface area contributed by atoms with Gasteiger partial charge in [-0.2, -0.15) is 0 Å². The number of benzene rings is 1. The Bertz CT molecular complexity index is 346. The summed E-state index contributed by atoms with van der Waals surface area (Å²) in [7, 11) is 0. The molecule has 0 unspecified atom stereocenters. The number of phenols is 1. The van der Waals surface area contributed by atoms with Gasteiger partial charge < -0.3 is 10.2 Å². The maximum Gasteiger partial charge on any atom is 0.116 e. The molecule has 0 amide bonds. The third-order valence-corrected chi connectivity index (χ3v) is 4.38. The second-order valence-electron chi connectivity index (χ2n) is 4.57. The highest BCUT2D eigenvalue weighted by Crippen LogP contribution is 2.34. The van der Waals surface area contributed by atoms with E-state index in [1.807, 2.05) is 12.1 Å². The van der Waals surface area contributed by atoms with Crippen LogP contribution in [0.2, 0.25) is 0 Å². The van der Waals surface area contributed by atoms with E-state index in [1.54, 1.807) is 23.9 Å². The molecule has 0 aromatic heterocycles. The normalized spacial score (nSPS) is 19.6. The predicted molar refractivity (Wildman–Crippen MR) is 66.9 cm³/mol. The molecular formula is C13H18O2S. The Morgan fingerprint density at radius 3 is 2.62 bits per heavy atom. The molecule has 2 nitrogen and oxygen atoms in total. The van der Waals surface area contributed by atoms with Crippen LogP contribution in [0.25, 0.3) is 0 Å². The van der Waals surface area contributed by atoms with E-state index in [4.69, 9.17) is 0 Å². The van der Waals surface area contributed by atoms with Crippen LogP contribution >= 0.6 is 11.8 Å². The van der Waals surface area contributed by atoms with Crippen molar-refractivity contribution in [1.82, 2.24) is 0 Å². The molecular weight excluding hydrogens is 220 g/mol. The maximum absolute atomic E-state index is 10.3. The summed E-state index contributed by atoms with van der Waals surface area (Å²) in [4.78, 5) is 1.03. The fourth-order valence-electron chi connectivity index (χ4n) is 2.15. The molecule has 1 saturated carbocycles. The van der Waals surface area contributed by atoms with Crippen LogP contribution in [0.5, 0.6) is 5.75 Å². The molecule has 0 aliphatic heterocycles. The number of hydrogen-bond donors (Lipinski definition) is 2. The van der Waals surface area contributed by atoms with Gasteiger partial charge >= 0.3 is 0 Å². The fourth-order valence-corrected chi connectivity index (χ4v) is 3.25. The number of rotatable bonds is 3. The standard InChI is InChI=1S/C13H18O2S/c14-11-5-4-6-12(9-11)16-10-13(15)7-2-1-3-8-13/h4-6,9,14-15H,1-3,7-8,10H2. The van der Waals surface area contributed by atoms with Crippen molar-refractivity contribution < 1.29 is 10.2 Å². The van der Waals surface area contributed by atoms with Crippen molar-refractivity contribution in [3.8, 4) is 5.75 Å². The van der Waals surface area contributed by atoms with Crippen LogP contribution in [0.3, 0.4) is 0 Å². The highest BCUT2D eigenvalue weighted by Gasteiger charge is 2.28. The number of aromatic hydroxyl groups is 1. The topological polar surface area (TPSA) is 40.5 Å². The van der Waals surface area contributed by atoms with Crippen LogP contribution in [0, 0.1) is 0 Å². The highest BCUT2D eigenvalue weighted by molar-refractivity contribution is 7.99. The number of aliphatic hydroxyl groups is 1. The first-order valence-electron chi connectivity index (χ1n) is 5.82. The van der Waals surface area contributed by atoms with Crippen molar-refractivity contribution in [2.45, 2.75) is 42.6 Å². The van der Waals surface area contributed by atoms with Crippen molar-refractivity contribution in [2.24, 2.45) is 0 Å². The summed E-state index contributed by atoms with van der Waals surface area (Å²) >= 11 is 1.63. The first-order valence-corrected chi connectivity index (χ1v) is 6.81. The molecule has 1 aromatic rings. The third-order valence-electron chi connectivity index (χ3n) is 3.11. The van der Waals surface area contributed by atoms with Gasteiger partial charge in [0, 0.05) is 10.6 Å². The van der Waals surface area contributed by atoms with E-state index in [0.717, 1.165) is 36.3 Å².